The molecule has 0 saturated carbocycles. The van der Waals surface area contributed by atoms with Crippen LogP contribution >= 0.6 is 11.8 Å². The number of rotatable bonds is 5. The molecule has 1 aromatic carbocycles. The van der Waals surface area contributed by atoms with Crippen LogP contribution in [0.3, 0.4) is 0 Å². The molecule has 2 atom stereocenters. The first-order valence-corrected chi connectivity index (χ1v) is 8.75. The molecular weight excluding hydrogens is 315 g/mol. The van der Waals surface area contributed by atoms with Crippen LogP contribution in [0.1, 0.15) is 31.2 Å². The Hall–Kier alpha value is -1.56. The summed E-state index contributed by atoms with van der Waals surface area (Å²) < 4.78 is 13.6. The van der Waals surface area contributed by atoms with Gasteiger partial charge in [-0.25, -0.2) is 4.39 Å². The molecule has 0 aliphatic carbocycles. The first-order chi connectivity index (χ1) is 10.8. The summed E-state index contributed by atoms with van der Waals surface area (Å²) in [6.07, 6.45) is 0.592. The van der Waals surface area contributed by atoms with Gasteiger partial charge in [-0.05, 0) is 30.0 Å². The molecule has 0 unspecified atom stereocenters. The van der Waals surface area contributed by atoms with Crippen molar-refractivity contribution in [3.05, 3.63) is 35.6 Å². The number of thioether (sulfide) groups is 1. The molecule has 126 valence electrons. The number of carbonyl (C=O) groups excluding carboxylic acids is 2. The van der Waals surface area contributed by atoms with Gasteiger partial charge in [-0.2, -0.15) is 0 Å². The number of nitrogens with zero attached hydrogens (tertiary/aromatic N) is 2. The molecule has 0 radical (unpaired) electrons. The molecule has 2 amide bonds. The van der Waals surface area contributed by atoms with Crippen molar-refractivity contribution in [2.75, 3.05) is 19.8 Å². The Balaban J connectivity index is 2.37. The van der Waals surface area contributed by atoms with Gasteiger partial charge in [-0.1, -0.05) is 26.0 Å². The minimum Gasteiger partial charge on any atom is -0.347 e. The summed E-state index contributed by atoms with van der Waals surface area (Å²) in [6.45, 7) is 4.06. The molecule has 0 spiro atoms. The number of halogens is 1. The van der Waals surface area contributed by atoms with Crippen LogP contribution in [0.5, 0.6) is 0 Å². The van der Waals surface area contributed by atoms with Crippen molar-refractivity contribution in [3.63, 3.8) is 0 Å². The zero-order chi connectivity index (χ0) is 17.1. The van der Waals surface area contributed by atoms with Crippen LogP contribution in [0.15, 0.2) is 24.3 Å². The lowest BCUT2D eigenvalue weighted by Gasteiger charge is -2.34. The summed E-state index contributed by atoms with van der Waals surface area (Å²) in [5, 5.41) is -0.314. The lowest BCUT2D eigenvalue weighted by molar-refractivity contribution is -0.143. The molecule has 6 heteroatoms. The predicted molar refractivity (Wildman–Crippen MR) is 90.4 cm³/mol. The van der Waals surface area contributed by atoms with Gasteiger partial charge in [0.1, 0.15) is 17.2 Å². The fourth-order valence-corrected chi connectivity index (χ4v) is 3.98. The number of benzene rings is 1. The summed E-state index contributed by atoms with van der Waals surface area (Å²) in [5.41, 5.74) is 0.723. The maximum Gasteiger partial charge on any atom is 0.244 e. The minimum absolute atomic E-state index is 0.0647. The predicted octanol–water partition coefficient (Wildman–Crippen LogP) is 2.90. The summed E-state index contributed by atoms with van der Waals surface area (Å²) in [4.78, 5) is 28.2. The highest BCUT2D eigenvalue weighted by Crippen LogP contribution is 2.41. The molecule has 1 aromatic rings. The number of hydrogen-bond donors (Lipinski definition) is 0. The maximum atomic E-state index is 13.6. The second-order valence-corrected chi connectivity index (χ2v) is 7.47. The quantitative estimate of drug-likeness (QED) is 0.829. The molecule has 0 N–H and O–H groups in total. The average Bonchev–Trinajstić information content (AvgIpc) is 2.85. The van der Waals surface area contributed by atoms with Crippen LogP contribution in [-0.4, -0.2) is 47.5 Å². The number of carbonyl (C=O) groups is 2. The Bertz CT molecular complexity index is 592. The highest BCUT2D eigenvalue weighted by molar-refractivity contribution is 8.00. The Morgan fingerprint density at radius 2 is 2.13 bits per heavy atom. The first-order valence-electron chi connectivity index (χ1n) is 7.70. The summed E-state index contributed by atoms with van der Waals surface area (Å²) in [7, 11) is 3.39. The lowest BCUT2D eigenvalue weighted by Crippen LogP contribution is -2.48. The summed E-state index contributed by atoms with van der Waals surface area (Å²) in [6, 6.07) is 5.75. The van der Waals surface area contributed by atoms with Crippen molar-refractivity contribution < 1.29 is 14.0 Å². The van der Waals surface area contributed by atoms with Crippen LogP contribution in [0.25, 0.3) is 0 Å². The van der Waals surface area contributed by atoms with E-state index < -0.39 is 6.04 Å². The molecule has 0 aromatic heterocycles. The molecule has 1 fully saturated rings. The second-order valence-electron chi connectivity index (χ2n) is 6.40. The molecule has 1 aliphatic rings. The van der Waals surface area contributed by atoms with E-state index in [2.05, 4.69) is 0 Å². The molecule has 1 aliphatic heterocycles. The van der Waals surface area contributed by atoms with Gasteiger partial charge in [-0.15, -0.1) is 11.8 Å². The molecule has 23 heavy (non-hydrogen) atoms. The van der Waals surface area contributed by atoms with E-state index in [0.717, 1.165) is 5.56 Å². The lowest BCUT2D eigenvalue weighted by atomic mass is 10.00. The molecular formula is C17H23FN2O2S. The van der Waals surface area contributed by atoms with Crippen molar-refractivity contribution in [1.82, 2.24) is 9.80 Å². The zero-order valence-electron chi connectivity index (χ0n) is 14.0. The second kappa shape index (κ2) is 7.34. The Labute approximate surface area is 141 Å². The Kier molecular flexibility index (Phi) is 5.68. The largest absolute Gasteiger partial charge is 0.347 e. The minimum atomic E-state index is -0.513. The fourth-order valence-electron chi connectivity index (χ4n) is 2.77. The molecule has 1 heterocycles. The third-order valence-electron chi connectivity index (χ3n) is 3.80. The van der Waals surface area contributed by atoms with Gasteiger partial charge in [0.2, 0.25) is 11.8 Å². The van der Waals surface area contributed by atoms with Crippen LogP contribution in [0.4, 0.5) is 4.39 Å². The van der Waals surface area contributed by atoms with Crippen molar-refractivity contribution in [2.24, 2.45) is 5.92 Å². The maximum absolute atomic E-state index is 13.6. The number of likely N-dealkylation sites (N-methyl/N-ethyl adjacent to an activating group) is 1. The number of hydrogen-bond acceptors (Lipinski definition) is 3. The van der Waals surface area contributed by atoms with Crippen LogP contribution < -0.4 is 0 Å². The van der Waals surface area contributed by atoms with Crippen LogP contribution in [-0.2, 0) is 9.59 Å². The average molecular weight is 338 g/mol. The summed E-state index contributed by atoms with van der Waals surface area (Å²) in [5.74, 6) is 0.106. The first kappa shape index (κ1) is 17.8. The van der Waals surface area contributed by atoms with Crippen molar-refractivity contribution in [3.8, 4) is 0 Å². The van der Waals surface area contributed by atoms with Gasteiger partial charge in [0.05, 0.1) is 5.75 Å². The number of amides is 2. The standard InChI is InChI=1S/C17H23FN2O2S/c1-11(2)8-14(16(22)19(3)4)20-15(21)10-23-17(20)12-6-5-7-13(18)9-12/h5-7,9,11,14,17H,8,10H2,1-4H3/t14-,17+/m1/s1. The molecule has 1 saturated heterocycles. The molecule has 0 bridgehead atoms. The van der Waals surface area contributed by atoms with Crippen LogP contribution in [0, 0.1) is 11.7 Å². The smallest absolute Gasteiger partial charge is 0.244 e. The Morgan fingerprint density at radius 3 is 2.70 bits per heavy atom. The van der Waals surface area contributed by atoms with E-state index in [9.17, 15) is 14.0 Å². The highest BCUT2D eigenvalue weighted by atomic mass is 32.2. The molecule has 2 rings (SSSR count). The van der Waals surface area contributed by atoms with Crippen molar-refractivity contribution in [1.29, 1.82) is 0 Å². The van der Waals surface area contributed by atoms with Crippen molar-refractivity contribution >= 4 is 23.6 Å². The van der Waals surface area contributed by atoms with E-state index in [4.69, 9.17) is 0 Å². The van der Waals surface area contributed by atoms with Gasteiger partial charge in [0.15, 0.2) is 0 Å². The van der Waals surface area contributed by atoms with Gasteiger partial charge >= 0.3 is 0 Å². The van der Waals surface area contributed by atoms with E-state index in [1.165, 1.54) is 28.8 Å². The zero-order valence-corrected chi connectivity index (χ0v) is 14.8. The van der Waals surface area contributed by atoms with E-state index in [1.807, 2.05) is 13.8 Å². The van der Waals surface area contributed by atoms with Crippen molar-refractivity contribution in [2.45, 2.75) is 31.7 Å². The van der Waals surface area contributed by atoms with Gasteiger partial charge in [0.25, 0.3) is 0 Å². The SMILES string of the molecule is CC(C)C[C@H](C(=O)N(C)C)N1C(=O)CS[C@H]1c1cccc(F)c1. The fraction of sp³-hybridized carbons (Fsp3) is 0.529. The summed E-state index contributed by atoms with van der Waals surface area (Å²) >= 11 is 1.44. The highest BCUT2D eigenvalue weighted by Gasteiger charge is 2.41. The van der Waals surface area contributed by atoms with E-state index >= 15 is 0 Å². The molecule has 4 nitrogen and oxygen atoms in total. The van der Waals surface area contributed by atoms with Gasteiger partial charge in [-0.3, -0.25) is 9.59 Å². The normalized spacial score (nSPS) is 19.3. The van der Waals surface area contributed by atoms with Gasteiger partial charge in [0, 0.05) is 14.1 Å². The van der Waals surface area contributed by atoms with E-state index in [0.29, 0.717) is 12.2 Å². The third kappa shape index (κ3) is 4.05. The van der Waals surface area contributed by atoms with E-state index in [-0.39, 0.29) is 28.9 Å². The topological polar surface area (TPSA) is 40.6 Å². The van der Waals surface area contributed by atoms with Gasteiger partial charge < -0.3 is 9.80 Å². The third-order valence-corrected chi connectivity index (χ3v) is 5.02. The Morgan fingerprint density at radius 1 is 1.43 bits per heavy atom. The monoisotopic (exact) mass is 338 g/mol. The van der Waals surface area contributed by atoms with Crippen LogP contribution in [0.2, 0.25) is 0 Å². The van der Waals surface area contributed by atoms with E-state index in [1.54, 1.807) is 31.1 Å².